The molecule has 0 aliphatic rings. The Morgan fingerprint density at radius 3 is 2.00 bits per heavy atom. The van der Waals surface area contributed by atoms with Crippen LogP contribution in [-0.2, 0) is 0 Å². The van der Waals surface area contributed by atoms with Crippen molar-refractivity contribution in [1.82, 2.24) is 0 Å². The molecule has 8 rings (SSSR count). The van der Waals surface area contributed by atoms with Crippen LogP contribution in [0.4, 0.5) is 0 Å². The smallest absolute Gasteiger partial charge is 0.136 e. The normalized spacial score (nSPS) is 12.5. The Morgan fingerprint density at radius 1 is 0.580 bits per heavy atom. The van der Waals surface area contributed by atoms with Gasteiger partial charge in [0.15, 0.2) is 0 Å². The van der Waals surface area contributed by atoms with Gasteiger partial charge in [-0.2, -0.15) is 0 Å². The van der Waals surface area contributed by atoms with Gasteiger partial charge in [-0.1, -0.05) is 135 Å². The van der Waals surface area contributed by atoms with E-state index < -0.39 is 0 Å². The van der Waals surface area contributed by atoms with Gasteiger partial charge in [0, 0.05) is 21.5 Å². The molecule has 0 aliphatic carbocycles. The Balaban J connectivity index is 1.28. The zero-order valence-electron chi connectivity index (χ0n) is 28.2. The highest BCUT2D eigenvalue weighted by molar-refractivity contribution is 6.22. The summed E-state index contributed by atoms with van der Waals surface area (Å²) in [5, 5.41) is 9.02. The van der Waals surface area contributed by atoms with Crippen LogP contribution in [-0.4, -0.2) is 0 Å². The summed E-state index contributed by atoms with van der Waals surface area (Å²) in [7, 11) is 0. The monoisotopic (exact) mass is 644 g/mol. The Labute approximate surface area is 291 Å². The lowest BCUT2D eigenvalue weighted by Crippen LogP contribution is -1.87. The quantitative estimate of drug-likeness (QED) is 0.168. The molecule has 0 amide bonds. The average molecular weight is 645 g/mol. The van der Waals surface area contributed by atoms with Crippen LogP contribution in [0.2, 0.25) is 0 Å². The van der Waals surface area contributed by atoms with Crippen molar-refractivity contribution in [1.29, 1.82) is 0 Å². The standard InChI is InChI=1S/C48H36O2/c1-5-7-16-31(3)36-17-10-8-9-11-18-37(39-20-13-12-19-38(36)39)32(4)27-33(6-2)34-23-25-45-42(28-34)43-30-41-35(29-47(43)50-45)24-26-46-48(41)40-21-14-15-22-44(40)49-46/h5-30H,1,3H2,2,4H3/b9-8?,10-8?,11-9?,16-7-,17-10?,18-11?,32-27+,33-6+,36-17?,37-18?,38-36?,39-37?. The van der Waals surface area contributed by atoms with Gasteiger partial charge in [0.1, 0.15) is 22.3 Å². The van der Waals surface area contributed by atoms with Gasteiger partial charge in [-0.15, -0.1) is 0 Å². The van der Waals surface area contributed by atoms with E-state index in [1.807, 2.05) is 24.3 Å². The summed E-state index contributed by atoms with van der Waals surface area (Å²) in [4.78, 5) is 0. The van der Waals surface area contributed by atoms with Gasteiger partial charge in [-0.05, 0) is 105 Å². The van der Waals surface area contributed by atoms with E-state index in [-0.39, 0.29) is 0 Å². The van der Waals surface area contributed by atoms with E-state index in [2.05, 4.69) is 154 Å². The summed E-state index contributed by atoms with van der Waals surface area (Å²) < 4.78 is 12.6. The van der Waals surface area contributed by atoms with Crippen LogP contribution in [0, 0.1) is 0 Å². The number of hydrogen-bond donors (Lipinski definition) is 0. The fourth-order valence-corrected chi connectivity index (χ4v) is 7.10. The maximum Gasteiger partial charge on any atom is 0.136 e. The van der Waals surface area contributed by atoms with Crippen molar-refractivity contribution in [3.05, 3.63) is 188 Å². The van der Waals surface area contributed by atoms with Gasteiger partial charge in [0.2, 0.25) is 0 Å². The van der Waals surface area contributed by atoms with Crippen LogP contribution < -0.4 is 0 Å². The minimum absolute atomic E-state index is 0.871. The number of para-hydroxylation sites is 1. The molecule has 0 saturated carbocycles. The third kappa shape index (κ3) is 5.41. The molecule has 8 aromatic rings. The highest BCUT2D eigenvalue weighted by Crippen LogP contribution is 2.40. The van der Waals surface area contributed by atoms with Crippen molar-refractivity contribution in [2.75, 3.05) is 0 Å². The fourth-order valence-electron chi connectivity index (χ4n) is 7.10. The zero-order chi connectivity index (χ0) is 34.2. The first-order chi connectivity index (χ1) is 24.5. The van der Waals surface area contributed by atoms with E-state index >= 15 is 0 Å². The molecule has 0 unspecified atom stereocenters. The van der Waals surface area contributed by atoms with E-state index in [0.29, 0.717) is 0 Å². The largest absolute Gasteiger partial charge is 0.456 e. The molecule has 0 aliphatic heterocycles. The molecule has 50 heavy (non-hydrogen) atoms. The summed E-state index contributed by atoms with van der Waals surface area (Å²) in [6.45, 7) is 12.5. The summed E-state index contributed by atoms with van der Waals surface area (Å²) >= 11 is 0. The minimum Gasteiger partial charge on any atom is -0.456 e. The predicted molar refractivity (Wildman–Crippen MR) is 216 cm³/mol. The first-order valence-corrected chi connectivity index (χ1v) is 16.9. The highest BCUT2D eigenvalue weighted by atomic mass is 16.3. The van der Waals surface area contributed by atoms with Gasteiger partial charge in [-0.3, -0.25) is 0 Å². The molecule has 2 nitrogen and oxygen atoms in total. The predicted octanol–water partition coefficient (Wildman–Crippen LogP) is 14.2. The van der Waals surface area contributed by atoms with Gasteiger partial charge in [-0.25, -0.2) is 0 Å². The summed E-state index contributed by atoms with van der Waals surface area (Å²) in [5.41, 5.74) is 10.1. The second-order valence-corrected chi connectivity index (χ2v) is 12.6. The third-order valence-corrected chi connectivity index (χ3v) is 9.53. The number of rotatable bonds is 6. The van der Waals surface area contributed by atoms with Crippen LogP contribution in [0.25, 0.3) is 82.1 Å². The van der Waals surface area contributed by atoms with E-state index in [9.17, 15) is 0 Å². The van der Waals surface area contributed by atoms with Crippen molar-refractivity contribution >= 4 is 82.1 Å². The van der Waals surface area contributed by atoms with E-state index in [1.165, 1.54) is 0 Å². The number of hydrogen-bond acceptors (Lipinski definition) is 2. The van der Waals surface area contributed by atoms with Crippen molar-refractivity contribution in [3.63, 3.8) is 0 Å². The molecule has 2 heterocycles. The van der Waals surface area contributed by atoms with Gasteiger partial charge in [0.25, 0.3) is 0 Å². The number of furan rings is 2. The minimum atomic E-state index is 0.871. The van der Waals surface area contributed by atoms with Crippen LogP contribution in [0.15, 0.2) is 180 Å². The van der Waals surface area contributed by atoms with Crippen molar-refractivity contribution in [3.8, 4) is 0 Å². The molecule has 2 heteroatoms. The Hall–Kier alpha value is -6.38. The molecule has 0 bridgehead atoms. The maximum atomic E-state index is 6.42. The van der Waals surface area contributed by atoms with Gasteiger partial charge >= 0.3 is 0 Å². The van der Waals surface area contributed by atoms with Crippen molar-refractivity contribution in [2.45, 2.75) is 13.8 Å². The maximum absolute atomic E-state index is 6.42. The molecule has 0 saturated heterocycles. The topological polar surface area (TPSA) is 26.3 Å². The summed E-state index contributed by atoms with van der Waals surface area (Å²) in [5.74, 6) is 0. The third-order valence-electron chi connectivity index (χ3n) is 9.53. The van der Waals surface area contributed by atoms with Crippen molar-refractivity contribution < 1.29 is 8.83 Å². The van der Waals surface area contributed by atoms with Gasteiger partial charge in [0.05, 0.1) is 0 Å². The molecule has 0 fully saturated rings. The summed E-state index contributed by atoms with van der Waals surface area (Å²) in [6.07, 6.45) is 10.2. The second-order valence-electron chi connectivity index (χ2n) is 12.6. The highest BCUT2D eigenvalue weighted by Gasteiger charge is 2.15. The van der Waals surface area contributed by atoms with E-state index in [4.69, 9.17) is 8.83 Å². The van der Waals surface area contributed by atoms with Crippen LogP contribution >= 0.6 is 0 Å². The molecule has 0 spiro atoms. The van der Waals surface area contributed by atoms with Gasteiger partial charge < -0.3 is 8.83 Å². The second kappa shape index (κ2) is 12.9. The average Bonchev–Trinajstić information content (AvgIpc) is 3.71. The first kappa shape index (κ1) is 30.9. The van der Waals surface area contributed by atoms with E-state index in [1.54, 1.807) is 6.08 Å². The van der Waals surface area contributed by atoms with Crippen LogP contribution in [0.5, 0.6) is 0 Å². The Morgan fingerprint density at radius 2 is 1.22 bits per heavy atom. The zero-order valence-corrected chi connectivity index (χ0v) is 28.2. The molecule has 0 radical (unpaired) electrons. The van der Waals surface area contributed by atoms with Crippen molar-refractivity contribution in [2.24, 2.45) is 0 Å². The molecule has 240 valence electrons. The fraction of sp³-hybridized carbons (Fsp3) is 0.0417. The number of benzene rings is 5. The van der Waals surface area contributed by atoms with E-state index in [0.717, 1.165) is 98.8 Å². The molecule has 2 aromatic heterocycles. The molecule has 6 aromatic carbocycles. The number of fused-ring (bicyclic) bond motifs is 9. The first-order valence-electron chi connectivity index (χ1n) is 16.9. The molecule has 0 atom stereocenters. The van der Waals surface area contributed by atoms with Crippen LogP contribution in [0.1, 0.15) is 30.5 Å². The number of allylic oxidation sites excluding steroid dienone is 8. The lowest BCUT2D eigenvalue weighted by atomic mass is 9.94. The molecular formula is C48H36O2. The SMILES string of the molecule is C=C/C=C\C(=C)c1ccccccc(/C(C)=C/C(=C\C)c2ccc3oc4cc5ccc6oc7ccccc7c6c5cc4c3c2)c2ccccc12. The molecular weight excluding hydrogens is 609 g/mol. The van der Waals surface area contributed by atoms with Crippen LogP contribution in [0.3, 0.4) is 0 Å². The lowest BCUT2D eigenvalue weighted by molar-refractivity contribution is 0.668. The molecule has 0 N–H and O–H groups in total. The lowest BCUT2D eigenvalue weighted by Gasteiger charge is -2.10. The Kier molecular flexibility index (Phi) is 7.98. The Bertz CT molecular complexity index is 2810. The summed E-state index contributed by atoms with van der Waals surface area (Å²) in [6, 6.07) is 44.5.